The summed E-state index contributed by atoms with van der Waals surface area (Å²) < 4.78 is 0. The van der Waals surface area contributed by atoms with Gasteiger partial charge in [0.25, 0.3) is 0 Å². The largest absolute Gasteiger partial charge is 0.319 e. The lowest BCUT2D eigenvalue weighted by molar-refractivity contribution is 0.698. The highest BCUT2D eigenvalue weighted by atomic mass is 35.5. The summed E-state index contributed by atoms with van der Waals surface area (Å²) >= 11 is 12.0. The van der Waals surface area contributed by atoms with Crippen LogP contribution in [0.5, 0.6) is 0 Å². The molecular weight excluding hydrogens is 217 g/mol. The third kappa shape index (κ3) is 2.05. The molecule has 0 bridgehead atoms. The van der Waals surface area contributed by atoms with Crippen molar-refractivity contribution in [2.45, 2.75) is 12.3 Å². The molecule has 0 saturated heterocycles. The van der Waals surface area contributed by atoms with E-state index in [9.17, 15) is 0 Å². The lowest BCUT2D eigenvalue weighted by Gasteiger charge is -2.03. The normalized spacial score (nSPS) is 25.1. The molecule has 14 heavy (non-hydrogen) atoms. The van der Waals surface area contributed by atoms with E-state index in [1.807, 2.05) is 25.2 Å². The minimum absolute atomic E-state index is 0.632. The summed E-state index contributed by atoms with van der Waals surface area (Å²) in [6.07, 6.45) is 1.24. The number of benzene rings is 1. The molecule has 2 atom stereocenters. The Labute approximate surface area is 94.4 Å². The van der Waals surface area contributed by atoms with Crippen molar-refractivity contribution in [3.63, 3.8) is 0 Å². The lowest BCUT2D eigenvalue weighted by atomic mass is 10.1. The molecule has 76 valence electrons. The van der Waals surface area contributed by atoms with Gasteiger partial charge in [0.15, 0.2) is 0 Å². The molecule has 1 nitrogen and oxygen atoms in total. The SMILES string of the molecule is CNC[C@H]1C[C@@H]1c1ccc(Cl)cc1Cl. The molecule has 1 aromatic rings. The first-order valence-corrected chi connectivity index (χ1v) is 5.57. The minimum Gasteiger partial charge on any atom is -0.319 e. The maximum atomic E-state index is 6.13. The first-order chi connectivity index (χ1) is 6.72. The van der Waals surface area contributed by atoms with Crippen LogP contribution in [0.2, 0.25) is 10.0 Å². The quantitative estimate of drug-likeness (QED) is 0.839. The van der Waals surface area contributed by atoms with Crippen LogP contribution in [0.4, 0.5) is 0 Å². The van der Waals surface area contributed by atoms with Crippen LogP contribution in [0, 0.1) is 5.92 Å². The second kappa shape index (κ2) is 4.09. The maximum absolute atomic E-state index is 6.13. The summed E-state index contributed by atoms with van der Waals surface area (Å²) in [5.74, 6) is 1.38. The summed E-state index contributed by atoms with van der Waals surface area (Å²) in [7, 11) is 1.98. The average Bonchev–Trinajstić information content (AvgIpc) is 2.84. The smallest absolute Gasteiger partial charge is 0.0455 e. The Morgan fingerprint density at radius 1 is 1.43 bits per heavy atom. The van der Waals surface area contributed by atoms with Crippen molar-refractivity contribution in [2.24, 2.45) is 5.92 Å². The first kappa shape index (κ1) is 10.3. The molecule has 1 saturated carbocycles. The van der Waals surface area contributed by atoms with Crippen LogP contribution >= 0.6 is 23.2 Å². The molecular formula is C11H13Cl2N. The van der Waals surface area contributed by atoms with Crippen molar-refractivity contribution in [1.82, 2.24) is 5.32 Å². The summed E-state index contributed by atoms with van der Waals surface area (Å²) in [4.78, 5) is 0. The van der Waals surface area contributed by atoms with E-state index in [2.05, 4.69) is 5.32 Å². The molecule has 1 aromatic carbocycles. The number of nitrogens with one attached hydrogen (secondary N) is 1. The highest BCUT2D eigenvalue weighted by molar-refractivity contribution is 6.35. The highest BCUT2D eigenvalue weighted by Crippen LogP contribution is 2.49. The summed E-state index contributed by atoms with van der Waals surface area (Å²) in [6, 6.07) is 5.79. The fourth-order valence-corrected chi connectivity index (χ4v) is 2.47. The van der Waals surface area contributed by atoms with Gasteiger partial charge in [-0.3, -0.25) is 0 Å². The molecule has 2 rings (SSSR count). The molecule has 0 aliphatic heterocycles. The van der Waals surface area contributed by atoms with Crippen LogP contribution < -0.4 is 5.32 Å². The zero-order valence-corrected chi connectivity index (χ0v) is 9.57. The van der Waals surface area contributed by atoms with Gasteiger partial charge in [-0.2, -0.15) is 0 Å². The van der Waals surface area contributed by atoms with Gasteiger partial charge in [-0.05, 0) is 49.5 Å². The maximum Gasteiger partial charge on any atom is 0.0455 e. The Kier molecular flexibility index (Phi) is 3.01. The predicted octanol–water partition coefficient (Wildman–Crippen LogP) is 3.32. The van der Waals surface area contributed by atoms with Gasteiger partial charge >= 0.3 is 0 Å². The van der Waals surface area contributed by atoms with Gasteiger partial charge < -0.3 is 5.32 Å². The third-order valence-corrected chi connectivity index (χ3v) is 3.31. The van der Waals surface area contributed by atoms with E-state index in [4.69, 9.17) is 23.2 Å². The molecule has 0 heterocycles. The Morgan fingerprint density at radius 2 is 2.21 bits per heavy atom. The van der Waals surface area contributed by atoms with E-state index in [0.717, 1.165) is 17.5 Å². The second-order valence-electron chi connectivity index (χ2n) is 3.83. The van der Waals surface area contributed by atoms with Crippen molar-refractivity contribution in [1.29, 1.82) is 0 Å². The Hall–Kier alpha value is -0.240. The second-order valence-corrected chi connectivity index (χ2v) is 4.67. The van der Waals surface area contributed by atoms with Crippen molar-refractivity contribution in [2.75, 3.05) is 13.6 Å². The van der Waals surface area contributed by atoms with Crippen molar-refractivity contribution >= 4 is 23.2 Å². The highest BCUT2D eigenvalue weighted by Gasteiger charge is 2.38. The molecule has 1 aliphatic carbocycles. The molecule has 3 heteroatoms. The van der Waals surface area contributed by atoms with Crippen LogP contribution in [0.15, 0.2) is 18.2 Å². The molecule has 1 fully saturated rings. The number of hydrogen-bond donors (Lipinski definition) is 1. The van der Waals surface area contributed by atoms with Crippen molar-refractivity contribution in [3.8, 4) is 0 Å². The zero-order chi connectivity index (χ0) is 10.1. The lowest BCUT2D eigenvalue weighted by Crippen LogP contribution is -2.10. The Balaban J connectivity index is 2.11. The fraction of sp³-hybridized carbons (Fsp3) is 0.455. The molecule has 0 unspecified atom stereocenters. The summed E-state index contributed by atoms with van der Waals surface area (Å²) in [5, 5.41) is 4.71. The van der Waals surface area contributed by atoms with Crippen LogP contribution in [0.25, 0.3) is 0 Å². The van der Waals surface area contributed by atoms with E-state index in [1.54, 1.807) is 0 Å². The fourth-order valence-electron chi connectivity index (χ4n) is 1.92. The molecule has 0 aromatic heterocycles. The van der Waals surface area contributed by atoms with Crippen molar-refractivity contribution < 1.29 is 0 Å². The van der Waals surface area contributed by atoms with Gasteiger partial charge in [-0.1, -0.05) is 29.3 Å². The first-order valence-electron chi connectivity index (χ1n) is 4.82. The van der Waals surface area contributed by atoms with Crippen LogP contribution in [-0.2, 0) is 0 Å². The average molecular weight is 230 g/mol. The third-order valence-electron chi connectivity index (χ3n) is 2.75. The molecule has 1 N–H and O–H groups in total. The van der Waals surface area contributed by atoms with E-state index in [-0.39, 0.29) is 0 Å². The predicted molar refractivity (Wildman–Crippen MR) is 61.2 cm³/mol. The van der Waals surface area contributed by atoms with E-state index < -0.39 is 0 Å². The summed E-state index contributed by atoms with van der Waals surface area (Å²) in [5.41, 5.74) is 1.25. The standard InChI is InChI=1S/C11H13Cl2N/c1-14-6-7-4-10(7)9-3-2-8(12)5-11(9)13/h2-3,5,7,10,14H,4,6H2,1H3/t7-,10+/m1/s1. The number of hydrogen-bond acceptors (Lipinski definition) is 1. The Morgan fingerprint density at radius 3 is 2.86 bits per heavy atom. The van der Waals surface area contributed by atoms with Crippen LogP contribution in [0.1, 0.15) is 17.9 Å². The zero-order valence-electron chi connectivity index (χ0n) is 8.06. The topological polar surface area (TPSA) is 12.0 Å². The molecule has 0 spiro atoms. The van der Waals surface area contributed by atoms with E-state index in [1.165, 1.54) is 12.0 Å². The number of rotatable bonds is 3. The minimum atomic E-state index is 0.632. The van der Waals surface area contributed by atoms with Gasteiger partial charge in [0, 0.05) is 10.0 Å². The summed E-state index contributed by atoms with van der Waals surface area (Å²) in [6.45, 7) is 1.07. The van der Waals surface area contributed by atoms with E-state index >= 15 is 0 Å². The van der Waals surface area contributed by atoms with E-state index in [0.29, 0.717) is 10.9 Å². The molecule has 0 amide bonds. The van der Waals surface area contributed by atoms with Crippen LogP contribution in [0.3, 0.4) is 0 Å². The molecule has 1 aliphatic rings. The van der Waals surface area contributed by atoms with Gasteiger partial charge in [0.2, 0.25) is 0 Å². The van der Waals surface area contributed by atoms with Gasteiger partial charge in [0.05, 0.1) is 0 Å². The van der Waals surface area contributed by atoms with Gasteiger partial charge in [-0.15, -0.1) is 0 Å². The van der Waals surface area contributed by atoms with Gasteiger partial charge in [0.1, 0.15) is 0 Å². The van der Waals surface area contributed by atoms with Gasteiger partial charge in [-0.25, -0.2) is 0 Å². The van der Waals surface area contributed by atoms with Crippen molar-refractivity contribution in [3.05, 3.63) is 33.8 Å². The monoisotopic (exact) mass is 229 g/mol. The molecule has 0 radical (unpaired) electrons. The number of halogens is 2. The Bertz CT molecular complexity index is 338. The van der Waals surface area contributed by atoms with Crippen LogP contribution in [-0.4, -0.2) is 13.6 Å².